The third kappa shape index (κ3) is 2.92. The van der Waals surface area contributed by atoms with Crippen molar-refractivity contribution in [3.05, 3.63) is 66.0 Å². The number of nitrogens with one attached hydrogen (secondary N) is 2. The molecule has 0 atom stereocenters. The van der Waals surface area contributed by atoms with Crippen LogP contribution >= 0.6 is 0 Å². The fourth-order valence-electron chi connectivity index (χ4n) is 5.18. The van der Waals surface area contributed by atoms with E-state index in [1.54, 1.807) is 7.11 Å². The molecule has 2 aromatic carbocycles. The van der Waals surface area contributed by atoms with Crippen molar-refractivity contribution in [1.82, 2.24) is 9.47 Å². The van der Waals surface area contributed by atoms with Gasteiger partial charge in [0.15, 0.2) is 0 Å². The molecule has 4 heterocycles. The highest BCUT2D eigenvalue weighted by molar-refractivity contribution is 5.95. The first-order chi connectivity index (χ1) is 15.7. The van der Waals surface area contributed by atoms with E-state index in [1.807, 2.05) is 29.2 Å². The molecular formula is C25H26N4O3. The first-order valence-corrected chi connectivity index (χ1v) is 11.1. The number of likely N-dealkylation sites (tertiary alicyclic amines) is 1. The summed E-state index contributed by atoms with van der Waals surface area (Å²) < 4.78 is 13.4. The number of anilines is 2. The summed E-state index contributed by atoms with van der Waals surface area (Å²) in [6.45, 7) is 2.79. The molecule has 3 aliphatic rings. The van der Waals surface area contributed by atoms with E-state index in [9.17, 15) is 4.79 Å². The Kier molecular flexibility index (Phi) is 4.31. The smallest absolute Gasteiger partial charge is 0.253 e. The number of rotatable bonds is 2. The van der Waals surface area contributed by atoms with E-state index >= 15 is 0 Å². The summed E-state index contributed by atoms with van der Waals surface area (Å²) in [5, 5.41) is 7.12. The predicted octanol–water partition coefficient (Wildman–Crippen LogP) is 3.85. The minimum Gasteiger partial charge on any atom is -0.497 e. The van der Waals surface area contributed by atoms with Crippen molar-refractivity contribution in [2.45, 2.75) is 18.4 Å². The quantitative estimate of drug-likeness (QED) is 0.647. The topological polar surface area (TPSA) is 67.8 Å². The summed E-state index contributed by atoms with van der Waals surface area (Å²) in [6.07, 6.45) is 3.79. The molecule has 1 spiro atoms. The minimum absolute atomic E-state index is 0.0725. The predicted molar refractivity (Wildman–Crippen MR) is 123 cm³/mol. The molecule has 164 valence electrons. The van der Waals surface area contributed by atoms with Gasteiger partial charge in [-0.3, -0.25) is 4.79 Å². The number of fused-ring (bicyclic) bond motifs is 5. The van der Waals surface area contributed by atoms with E-state index in [1.165, 1.54) is 5.69 Å². The van der Waals surface area contributed by atoms with Gasteiger partial charge < -0.3 is 29.6 Å². The Hall–Kier alpha value is -3.61. The second-order valence-electron chi connectivity index (χ2n) is 8.63. The van der Waals surface area contributed by atoms with Crippen molar-refractivity contribution in [1.29, 1.82) is 0 Å². The van der Waals surface area contributed by atoms with Crippen LogP contribution in [0.25, 0.3) is 5.69 Å². The number of nitrogens with zero attached hydrogens (tertiary/aromatic N) is 2. The molecule has 7 nitrogen and oxygen atoms in total. The van der Waals surface area contributed by atoms with Gasteiger partial charge in [-0.05, 0) is 55.3 Å². The van der Waals surface area contributed by atoms with Crippen LogP contribution in [-0.2, 0) is 5.54 Å². The largest absolute Gasteiger partial charge is 0.497 e. The van der Waals surface area contributed by atoms with E-state index in [0.29, 0.717) is 25.3 Å². The van der Waals surface area contributed by atoms with Crippen molar-refractivity contribution in [2.24, 2.45) is 0 Å². The molecule has 0 aliphatic carbocycles. The summed E-state index contributed by atoms with van der Waals surface area (Å²) in [6, 6.07) is 16.1. The van der Waals surface area contributed by atoms with Gasteiger partial charge in [0.05, 0.1) is 29.7 Å². The van der Waals surface area contributed by atoms with E-state index in [4.69, 9.17) is 9.47 Å². The highest BCUT2D eigenvalue weighted by Crippen LogP contribution is 2.44. The third-order valence-corrected chi connectivity index (χ3v) is 6.88. The average molecular weight is 431 g/mol. The van der Waals surface area contributed by atoms with Crippen molar-refractivity contribution in [2.75, 3.05) is 44.0 Å². The molecule has 3 aromatic rings. The highest BCUT2D eigenvalue weighted by Gasteiger charge is 2.42. The Balaban J connectivity index is 1.25. The third-order valence-electron chi connectivity index (χ3n) is 6.88. The number of methoxy groups -OCH3 is 1. The number of ether oxygens (including phenoxy) is 2. The number of aromatic nitrogens is 1. The lowest BCUT2D eigenvalue weighted by molar-refractivity contribution is 0.0676. The zero-order chi connectivity index (χ0) is 21.7. The highest BCUT2D eigenvalue weighted by atomic mass is 16.5. The molecule has 0 bridgehead atoms. The summed E-state index contributed by atoms with van der Waals surface area (Å²) in [4.78, 5) is 15.2. The Bertz CT molecular complexity index is 1190. The summed E-state index contributed by atoms with van der Waals surface area (Å²) in [5.41, 5.74) is 4.83. The molecule has 32 heavy (non-hydrogen) atoms. The zero-order valence-corrected chi connectivity index (χ0v) is 18.1. The monoisotopic (exact) mass is 430 g/mol. The molecule has 7 heteroatoms. The average Bonchev–Trinajstić information content (AvgIpc) is 3.35. The van der Waals surface area contributed by atoms with Crippen LogP contribution in [0.3, 0.4) is 0 Å². The number of hydrogen-bond donors (Lipinski definition) is 2. The number of carbonyl (C=O) groups is 1. The first kappa shape index (κ1) is 19.1. The Labute approximate surface area is 186 Å². The SMILES string of the molecule is COc1ccc2c(c1)NC1(CCN(C(=O)c3ccc4c(c3)NCCO4)CC1)c1cccn1-2. The molecule has 6 rings (SSSR count). The first-order valence-electron chi connectivity index (χ1n) is 11.1. The van der Waals surface area contributed by atoms with Crippen LogP contribution in [0.4, 0.5) is 11.4 Å². The molecule has 0 radical (unpaired) electrons. The normalized spacial score (nSPS) is 17.8. The molecule has 2 N–H and O–H groups in total. The maximum atomic E-state index is 13.2. The van der Waals surface area contributed by atoms with Gasteiger partial charge in [0.25, 0.3) is 5.91 Å². The van der Waals surface area contributed by atoms with Gasteiger partial charge >= 0.3 is 0 Å². The van der Waals surface area contributed by atoms with Gasteiger partial charge in [0.1, 0.15) is 18.1 Å². The van der Waals surface area contributed by atoms with E-state index < -0.39 is 0 Å². The maximum Gasteiger partial charge on any atom is 0.253 e. The van der Waals surface area contributed by atoms with Crippen LogP contribution in [0.2, 0.25) is 0 Å². The number of piperidine rings is 1. The van der Waals surface area contributed by atoms with Crippen LogP contribution in [0.5, 0.6) is 11.5 Å². The van der Waals surface area contributed by atoms with Gasteiger partial charge in [-0.1, -0.05) is 0 Å². The van der Waals surface area contributed by atoms with Crippen molar-refractivity contribution in [3.8, 4) is 17.2 Å². The maximum absolute atomic E-state index is 13.2. The molecular weight excluding hydrogens is 404 g/mol. The second-order valence-corrected chi connectivity index (χ2v) is 8.63. The van der Waals surface area contributed by atoms with Crippen LogP contribution in [0.15, 0.2) is 54.7 Å². The van der Waals surface area contributed by atoms with Crippen molar-refractivity contribution < 1.29 is 14.3 Å². The van der Waals surface area contributed by atoms with Gasteiger partial charge in [0, 0.05) is 43.2 Å². The molecule has 1 fully saturated rings. The Morgan fingerprint density at radius 3 is 2.81 bits per heavy atom. The van der Waals surface area contributed by atoms with E-state index in [0.717, 1.165) is 47.9 Å². The van der Waals surface area contributed by atoms with Crippen molar-refractivity contribution in [3.63, 3.8) is 0 Å². The molecule has 1 amide bonds. The lowest BCUT2D eigenvalue weighted by Crippen LogP contribution is -2.51. The molecule has 1 aromatic heterocycles. The Morgan fingerprint density at radius 2 is 1.97 bits per heavy atom. The molecule has 3 aliphatic heterocycles. The van der Waals surface area contributed by atoms with Crippen molar-refractivity contribution >= 4 is 17.3 Å². The molecule has 1 saturated heterocycles. The minimum atomic E-state index is -0.203. The van der Waals surface area contributed by atoms with E-state index in [2.05, 4.69) is 45.7 Å². The van der Waals surface area contributed by atoms with Gasteiger partial charge in [0.2, 0.25) is 0 Å². The van der Waals surface area contributed by atoms with Crippen LogP contribution in [-0.4, -0.2) is 48.7 Å². The molecule has 0 saturated carbocycles. The summed E-state index contributed by atoms with van der Waals surface area (Å²) >= 11 is 0. The van der Waals surface area contributed by atoms with Crippen LogP contribution in [0.1, 0.15) is 28.9 Å². The number of carbonyl (C=O) groups excluding carboxylic acids is 1. The van der Waals surface area contributed by atoms with Crippen LogP contribution < -0.4 is 20.1 Å². The summed E-state index contributed by atoms with van der Waals surface area (Å²) in [5.74, 6) is 1.72. The number of benzene rings is 2. The second kappa shape index (κ2) is 7.22. The zero-order valence-electron chi connectivity index (χ0n) is 18.1. The lowest BCUT2D eigenvalue weighted by Gasteiger charge is -2.46. The van der Waals surface area contributed by atoms with Gasteiger partial charge in [-0.25, -0.2) is 0 Å². The van der Waals surface area contributed by atoms with Gasteiger partial charge in [-0.2, -0.15) is 0 Å². The lowest BCUT2D eigenvalue weighted by atomic mass is 9.82. The fourth-order valence-corrected chi connectivity index (χ4v) is 5.18. The van der Waals surface area contributed by atoms with Gasteiger partial charge in [-0.15, -0.1) is 0 Å². The fraction of sp³-hybridized carbons (Fsp3) is 0.320. The molecule has 0 unspecified atom stereocenters. The summed E-state index contributed by atoms with van der Waals surface area (Å²) in [7, 11) is 1.69. The standard InChI is InChI=1S/C25H26N4O3/c1-31-18-5-6-21-19(16-18)27-25(23-3-2-11-29(21)23)8-12-28(13-9-25)24(30)17-4-7-22-20(15-17)26-10-14-32-22/h2-7,11,15-16,26-27H,8-10,12-14H2,1H3. The van der Waals surface area contributed by atoms with E-state index in [-0.39, 0.29) is 11.4 Å². The number of amides is 1. The van der Waals surface area contributed by atoms with Crippen LogP contribution in [0, 0.1) is 0 Å². The number of hydrogen-bond acceptors (Lipinski definition) is 5. The Morgan fingerprint density at radius 1 is 1.09 bits per heavy atom.